The third-order valence-corrected chi connectivity index (χ3v) is 5.86. The summed E-state index contributed by atoms with van der Waals surface area (Å²) in [5.41, 5.74) is -0.0301. The van der Waals surface area contributed by atoms with E-state index in [1.807, 2.05) is 0 Å². The first-order chi connectivity index (χ1) is 8.50. The SMILES string of the molecule is CCCCCC(=O)SCC(C)C(C)(CCC)O[SiH3]. The van der Waals surface area contributed by atoms with Crippen LogP contribution in [0.5, 0.6) is 0 Å². The van der Waals surface area contributed by atoms with Crippen molar-refractivity contribution in [3.8, 4) is 0 Å². The van der Waals surface area contributed by atoms with E-state index >= 15 is 0 Å². The molecule has 0 fully saturated rings. The standard InChI is InChI=1S/C14H30O2SSi/c1-5-7-8-9-13(15)17-11-12(3)14(4,16-18)10-6-2/h12H,5-11H2,1-4,18H3. The fourth-order valence-corrected chi connectivity index (χ4v) is 3.72. The van der Waals surface area contributed by atoms with Crippen molar-refractivity contribution in [3.05, 3.63) is 0 Å². The largest absolute Gasteiger partial charge is 0.422 e. The Balaban J connectivity index is 3.99. The number of thioether (sulfide) groups is 1. The Labute approximate surface area is 120 Å². The third kappa shape index (κ3) is 6.95. The molecular formula is C14H30O2SSi. The highest BCUT2D eigenvalue weighted by Crippen LogP contribution is 2.29. The van der Waals surface area contributed by atoms with Crippen molar-refractivity contribution in [2.45, 2.75) is 71.8 Å². The van der Waals surface area contributed by atoms with Crippen LogP contribution in [0.3, 0.4) is 0 Å². The molecule has 0 saturated heterocycles. The highest BCUT2D eigenvalue weighted by molar-refractivity contribution is 8.13. The van der Waals surface area contributed by atoms with E-state index in [2.05, 4.69) is 27.7 Å². The van der Waals surface area contributed by atoms with Gasteiger partial charge in [-0.25, -0.2) is 0 Å². The van der Waals surface area contributed by atoms with Crippen LogP contribution in [0.4, 0.5) is 0 Å². The zero-order chi connectivity index (χ0) is 14.0. The van der Waals surface area contributed by atoms with Crippen molar-refractivity contribution in [2.75, 3.05) is 5.75 Å². The second-order valence-electron chi connectivity index (χ2n) is 5.31. The lowest BCUT2D eigenvalue weighted by atomic mass is 9.88. The second-order valence-corrected chi connectivity index (χ2v) is 6.79. The van der Waals surface area contributed by atoms with Crippen LogP contribution < -0.4 is 0 Å². The minimum Gasteiger partial charge on any atom is -0.422 e. The van der Waals surface area contributed by atoms with Gasteiger partial charge in [0.05, 0.1) is 5.60 Å². The van der Waals surface area contributed by atoms with Gasteiger partial charge in [0.1, 0.15) is 10.5 Å². The Hall–Kier alpha value is 0.197. The van der Waals surface area contributed by atoms with Gasteiger partial charge < -0.3 is 4.43 Å². The van der Waals surface area contributed by atoms with Crippen LogP contribution in [0.25, 0.3) is 0 Å². The van der Waals surface area contributed by atoms with E-state index in [0.717, 1.165) is 41.9 Å². The average Bonchev–Trinajstić information content (AvgIpc) is 2.36. The molecule has 0 N–H and O–H groups in total. The van der Waals surface area contributed by atoms with Gasteiger partial charge in [0.25, 0.3) is 0 Å². The minimum atomic E-state index is -0.0301. The highest BCUT2D eigenvalue weighted by atomic mass is 32.2. The maximum absolute atomic E-state index is 11.7. The molecule has 0 aromatic heterocycles. The van der Waals surface area contributed by atoms with Gasteiger partial charge >= 0.3 is 0 Å². The first kappa shape index (κ1) is 18.2. The average molecular weight is 291 g/mol. The zero-order valence-corrected chi connectivity index (χ0v) is 15.6. The van der Waals surface area contributed by atoms with Gasteiger partial charge in [-0.3, -0.25) is 4.79 Å². The van der Waals surface area contributed by atoms with Gasteiger partial charge in [-0.05, 0) is 25.7 Å². The van der Waals surface area contributed by atoms with Crippen molar-refractivity contribution < 1.29 is 9.22 Å². The molecule has 2 nitrogen and oxygen atoms in total. The Morgan fingerprint density at radius 3 is 2.50 bits per heavy atom. The van der Waals surface area contributed by atoms with Crippen LogP contribution >= 0.6 is 11.8 Å². The van der Waals surface area contributed by atoms with E-state index in [1.54, 1.807) is 0 Å². The Kier molecular flexibility index (Phi) is 10.2. The van der Waals surface area contributed by atoms with Gasteiger partial charge in [-0.1, -0.05) is 51.8 Å². The fraction of sp³-hybridized carbons (Fsp3) is 0.929. The van der Waals surface area contributed by atoms with Gasteiger partial charge in [0, 0.05) is 12.2 Å². The van der Waals surface area contributed by atoms with Gasteiger partial charge in [0.15, 0.2) is 5.12 Å². The molecule has 0 radical (unpaired) electrons. The van der Waals surface area contributed by atoms with Crippen LogP contribution in [0.2, 0.25) is 0 Å². The minimum absolute atomic E-state index is 0.0301. The van der Waals surface area contributed by atoms with E-state index in [4.69, 9.17) is 4.43 Å². The van der Waals surface area contributed by atoms with Crippen molar-refractivity contribution in [1.82, 2.24) is 0 Å². The zero-order valence-electron chi connectivity index (χ0n) is 12.8. The van der Waals surface area contributed by atoms with Crippen LogP contribution in [-0.2, 0) is 9.22 Å². The van der Waals surface area contributed by atoms with Crippen molar-refractivity contribution in [3.63, 3.8) is 0 Å². The smallest absolute Gasteiger partial charge is 0.188 e. The molecule has 0 heterocycles. The van der Waals surface area contributed by atoms with Crippen LogP contribution in [-0.4, -0.2) is 27.0 Å². The topological polar surface area (TPSA) is 26.3 Å². The maximum Gasteiger partial charge on any atom is 0.188 e. The summed E-state index contributed by atoms with van der Waals surface area (Å²) in [6.45, 7) is 8.75. The van der Waals surface area contributed by atoms with Gasteiger partial charge in [0.2, 0.25) is 0 Å². The number of carbonyl (C=O) groups is 1. The van der Waals surface area contributed by atoms with Gasteiger partial charge in [-0.2, -0.15) is 0 Å². The fourth-order valence-electron chi connectivity index (χ4n) is 2.03. The monoisotopic (exact) mass is 290 g/mol. The lowest BCUT2D eigenvalue weighted by molar-refractivity contribution is -0.111. The van der Waals surface area contributed by atoms with Gasteiger partial charge in [-0.15, -0.1) is 0 Å². The number of rotatable bonds is 10. The molecule has 0 amide bonds. The number of unbranched alkanes of at least 4 members (excludes halogenated alkanes) is 2. The summed E-state index contributed by atoms with van der Waals surface area (Å²) in [5, 5.41) is 0.350. The van der Waals surface area contributed by atoms with E-state index in [1.165, 1.54) is 24.6 Å². The predicted octanol–water partition coefficient (Wildman–Crippen LogP) is 3.32. The van der Waals surface area contributed by atoms with E-state index in [9.17, 15) is 4.79 Å². The van der Waals surface area contributed by atoms with Crippen LogP contribution in [0.15, 0.2) is 0 Å². The summed E-state index contributed by atoms with van der Waals surface area (Å²) >= 11 is 1.50. The molecule has 0 rings (SSSR count). The molecule has 0 aliphatic heterocycles. The number of carbonyl (C=O) groups excluding carboxylic acids is 1. The predicted molar refractivity (Wildman–Crippen MR) is 85.1 cm³/mol. The van der Waals surface area contributed by atoms with Crippen molar-refractivity contribution >= 4 is 27.4 Å². The summed E-state index contributed by atoms with van der Waals surface area (Å²) in [7, 11) is 0.770. The Morgan fingerprint density at radius 1 is 1.33 bits per heavy atom. The molecule has 4 heteroatoms. The molecule has 0 aromatic rings. The van der Waals surface area contributed by atoms with E-state index in [0.29, 0.717) is 11.0 Å². The molecule has 0 bridgehead atoms. The van der Waals surface area contributed by atoms with Crippen molar-refractivity contribution in [1.29, 1.82) is 0 Å². The molecule has 0 aromatic carbocycles. The maximum atomic E-state index is 11.7. The number of hydrogen-bond donors (Lipinski definition) is 0. The lowest BCUT2D eigenvalue weighted by Gasteiger charge is -2.34. The van der Waals surface area contributed by atoms with E-state index < -0.39 is 0 Å². The normalized spacial score (nSPS) is 16.4. The first-order valence-corrected chi connectivity index (χ1v) is 9.01. The first-order valence-electron chi connectivity index (χ1n) is 7.20. The molecule has 2 unspecified atom stereocenters. The van der Waals surface area contributed by atoms with Crippen LogP contribution in [0.1, 0.15) is 66.2 Å². The summed E-state index contributed by atoms with van der Waals surface area (Å²) in [6, 6.07) is 0. The molecule has 108 valence electrons. The summed E-state index contributed by atoms with van der Waals surface area (Å²) in [5.74, 6) is 1.33. The molecule has 2 atom stereocenters. The van der Waals surface area contributed by atoms with Crippen molar-refractivity contribution in [2.24, 2.45) is 5.92 Å². The molecular weight excluding hydrogens is 260 g/mol. The quantitative estimate of drug-likeness (QED) is 0.456. The summed E-state index contributed by atoms with van der Waals surface area (Å²) < 4.78 is 5.79. The molecule has 0 saturated carbocycles. The summed E-state index contributed by atoms with van der Waals surface area (Å²) in [4.78, 5) is 11.7. The molecule has 18 heavy (non-hydrogen) atoms. The van der Waals surface area contributed by atoms with E-state index in [-0.39, 0.29) is 5.60 Å². The third-order valence-electron chi connectivity index (χ3n) is 3.73. The molecule has 0 spiro atoms. The van der Waals surface area contributed by atoms with Crippen LogP contribution in [0, 0.1) is 5.92 Å². The lowest BCUT2D eigenvalue weighted by Crippen LogP contribution is -2.37. The Bertz CT molecular complexity index is 236. The summed E-state index contributed by atoms with van der Waals surface area (Å²) in [6.07, 6.45) is 6.34. The molecule has 0 aliphatic carbocycles. The highest BCUT2D eigenvalue weighted by Gasteiger charge is 2.29. The number of hydrogen-bond acceptors (Lipinski definition) is 3. The molecule has 0 aliphatic rings. The second kappa shape index (κ2) is 10.0. The Morgan fingerprint density at radius 2 is 2.00 bits per heavy atom.